The molecule has 0 amide bonds. The number of hydrogen-bond acceptors (Lipinski definition) is 6. The molecule has 130 valence electrons. The summed E-state index contributed by atoms with van der Waals surface area (Å²) in [7, 11) is 3.20. The van der Waals surface area contributed by atoms with Crippen molar-refractivity contribution in [2.75, 3.05) is 14.2 Å². The van der Waals surface area contributed by atoms with Crippen molar-refractivity contribution in [3.63, 3.8) is 0 Å². The monoisotopic (exact) mass is 340 g/mol. The molecule has 1 atom stereocenters. The zero-order valence-electron chi connectivity index (χ0n) is 14.5. The molecule has 3 aromatic rings. The quantitative estimate of drug-likeness (QED) is 0.726. The molecule has 0 radical (unpaired) electrons. The number of fused-ring (bicyclic) bond motifs is 1. The van der Waals surface area contributed by atoms with Crippen LogP contribution in [0.3, 0.4) is 0 Å². The van der Waals surface area contributed by atoms with E-state index < -0.39 is 0 Å². The second-order valence-electron chi connectivity index (χ2n) is 6.33. The predicted molar refractivity (Wildman–Crippen MR) is 91.5 cm³/mol. The van der Waals surface area contributed by atoms with Crippen molar-refractivity contribution < 1.29 is 14.0 Å². The van der Waals surface area contributed by atoms with E-state index in [-0.39, 0.29) is 0 Å². The molecule has 1 aromatic carbocycles. The molecule has 4 rings (SSSR count). The zero-order valence-corrected chi connectivity index (χ0v) is 14.5. The summed E-state index contributed by atoms with van der Waals surface area (Å²) in [6, 6.07) is 5.52. The van der Waals surface area contributed by atoms with Crippen LogP contribution in [-0.4, -0.2) is 33.9 Å². The molecule has 0 aliphatic carbocycles. The number of rotatable bonds is 4. The Balaban J connectivity index is 1.65. The third kappa shape index (κ3) is 2.86. The highest BCUT2D eigenvalue weighted by molar-refractivity contribution is 5.62. The van der Waals surface area contributed by atoms with Crippen LogP contribution in [0.25, 0.3) is 23.0 Å². The molecular weight excluding hydrogens is 320 g/mol. The van der Waals surface area contributed by atoms with Gasteiger partial charge >= 0.3 is 0 Å². The van der Waals surface area contributed by atoms with Crippen molar-refractivity contribution in [3.8, 4) is 34.5 Å². The van der Waals surface area contributed by atoms with Gasteiger partial charge in [0.15, 0.2) is 11.5 Å². The van der Waals surface area contributed by atoms with Crippen LogP contribution in [0.15, 0.2) is 28.9 Å². The van der Waals surface area contributed by atoms with Crippen LogP contribution in [0.1, 0.15) is 19.2 Å². The molecule has 0 saturated carbocycles. The minimum absolute atomic E-state index is 0.430. The molecule has 2 aromatic heterocycles. The predicted octanol–water partition coefficient (Wildman–Crippen LogP) is 3.20. The lowest BCUT2D eigenvalue weighted by atomic mass is 10.0. The molecule has 1 unspecified atom stereocenters. The number of benzene rings is 1. The van der Waals surface area contributed by atoms with Crippen molar-refractivity contribution >= 4 is 0 Å². The molecule has 1 aliphatic heterocycles. The SMILES string of the molecule is COc1ccc(-c2noc(-c3cn4c(n3)CCC(C)C4)n2)cc1OC. The highest BCUT2D eigenvalue weighted by Gasteiger charge is 2.21. The van der Waals surface area contributed by atoms with Gasteiger partial charge in [-0.15, -0.1) is 0 Å². The van der Waals surface area contributed by atoms with Crippen molar-refractivity contribution in [1.29, 1.82) is 0 Å². The van der Waals surface area contributed by atoms with Gasteiger partial charge in [-0.1, -0.05) is 12.1 Å². The number of nitrogens with zero attached hydrogens (tertiary/aromatic N) is 4. The molecule has 7 nitrogen and oxygen atoms in total. The molecule has 0 spiro atoms. The number of methoxy groups -OCH3 is 2. The van der Waals surface area contributed by atoms with E-state index in [0.717, 1.165) is 36.5 Å². The number of aryl methyl sites for hydroxylation is 1. The van der Waals surface area contributed by atoms with Crippen molar-refractivity contribution in [1.82, 2.24) is 19.7 Å². The lowest BCUT2D eigenvalue weighted by Crippen LogP contribution is -2.17. The summed E-state index contributed by atoms with van der Waals surface area (Å²) >= 11 is 0. The molecule has 0 N–H and O–H groups in total. The van der Waals surface area contributed by atoms with E-state index in [1.165, 1.54) is 0 Å². The summed E-state index contributed by atoms with van der Waals surface area (Å²) in [6.07, 6.45) is 4.14. The van der Waals surface area contributed by atoms with E-state index in [0.29, 0.717) is 29.1 Å². The molecule has 25 heavy (non-hydrogen) atoms. The number of ether oxygens (including phenoxy) is 2. The van der Waals surface area contributed by atoms with Gasteiger partial charge in [0, 0.05) is 24.7 Å². The summed E-state index contributed by atoms with van der Waals surface area (Å²) in [5.41, 5.74) is 1.52. The first-order chi connectivity index (χ1) is 12.2. The van der Waals surface area contributed by atoms with Crippen LogP contribution in [0.5, 0.6) is 11.5 Å². The summed E-state index contributed by atoms with van der Waals surface area (Å²) < 4.78 is 18.2. The second-order valence-corrected chi connectivity index (χ2v) is 6.33. The molecule has 7 heteroatoms. The second kappa shape index (κ2) is 6.23. The van der Waals surface area contributed by atoms with Crippen molar-refractivity contribution in [3.05, 3.63) is 30.2 Å². The highest BCUT2D eigenvalue weighted by Crippen LogP contribution is 2.32. The Kier molecular flexibility index (Phi) is 3.91. The van der Waals surface area contributed by atoms with Crippen LogP contribution in [-0.2, 0) is 13.0 Å². The van der Waals surface area contributed by atoms with Gasteiger partial charge in [-0.3, -0.25) is 0 Å². The number of imidazole rings is 1. The summed E-state index contributed by atoms with van der Waals surface area (Å²) in [4.78, 5) is 9.14. The molecule has 0 saturated heterocycles. The summed E-state index contributed by atoms with van der Waals surface area (Å²) in [5.74, 6) is 3.96. The minimum Gasteiger partial charge on any atom is -0.493 e. The molecular formula is C18H20N4O3. The van der Waals surface area contributed by atoms with Crippen molar-refractivity contribution in [2.45, 2.75) is 26.3 Å². The number of aromatic nitrogens is 4. The van der Waals surface area contributed by atoms with Gasteiger partial charge in [-0.05, 0) is 30.5 Å². The first-order valence-electron chi connectivity index (χ1n) is 8.30. The lowest BCUT2D eigenvalue weighted by Gasteiger charge is -2.19. The van der Waals surface area contributed by atoms with Crippen LogP contribution >= 0.6 is 0 Å². The molecule has 3 heterocycles. The van der Waals surface area contributed by atoms with Crippen LogP contribution < -0.4 is 9.47 Å². The van der Waals surface area contributed by atoms with Crippen LogP contribution in [0.4, 0.5) is 0 Å². The van der Waals surface area contributed by atoms with E-state index in [4.69, 9.17) is 14.0 Å². The lowest BCUT2D eigenvalue weighted by molar-refractivity contribution is 0.355. The van der Waals surface area contributed by atoms with Crippen LogP contribution in [0.2, 0.25) is 0 Å². The van der Waals surface area contributed by atoms with Gasteiger partial charge in [0.2, 0.25) is 5.82 Å². The Morgan fingerprint density at radius 1 is 1.16 bits per heavy atom. The Hall–Kier alpha value is -2.83. The maximum Gasteiger partial charge on any atom is 0.278 e. The van der Waals surface area contributed by atoms with E-state index in [9.17, 15) is 0 Å². The van der Waals surface area contributed by atoms with Crippen molar-refractivity contribution in [2.24, 2.45) is 5.92 Å². The van der Waals surface area contributed by atoms with E-state index in [2.05, 4.69) is 26.6 Å². The largest absolute Gasteiger partial charge is 0.493 e. The van der Waals surface area contributed by atoms with E-state index in [1.54, 1.807) is 14.2 Å². The van der Waals surface area contributed by atoms with Gasteiger partial charge in [0.1, 0.15) is 11.5 Å². The van der Waals surface area contributed by atoms with Gasteiger partial charge in [0.05, 0.1) is 14.2 Å². The van der Waals surface area contributed by atoms with Gasteiger partial charge in [-0.25, -0.2) is 4.98 Å². The number of hydrogen-bond donors (Lipinski definition) is 0. The average molecular weight is 340 g/mol. The minimum atomic E-state index is 0.430. The Bertz CT molecular complexity index is 900. The summed E-state index contributed by atoms with van der Waals surface area (Å²) in [6.45, 7) is 3.24. The molecule has 1 aliphatic rings. The van der Waals surface area contributed by atoms with Gasteiger partial charge in [-0.2, -0.15) is 4.98 Å². The standard InChI is InChI=1S/C18H20N4O3/c1-11-4-7-16-19-13(10-22(16)9-11)18-20-17(21-25-18)12-5-6-14(23-2)15(8-12)24-3/h5-6,8,10-11H,4,7,9H2,1-3H3. The normalized spacial score (nSPS) is 16.5. The van der Waals surface area contributed by atoms with Gasteiger partial charge < -0.3 is 18.6 Å². The highest BCUT2D eigenvalue weighted by atomic mass is 16.5. The van der Waals surface area contributed by atoms with Gasteiger partial charge in [0.25, 0.3) is 5.89 Å². The average Bonchev–Trinajstić information content (AvgIpc) is 3.27. The molecule has 0 bridgehead atoms. The first-order valence-corrected chi connectivity index (χ1v) is 8.30. The fourth-order valence-corrected chi connectivity index (χ4v) is 3.14. The zero-order chi connectivity index (χ0) is 17.4. The molecule has 0 fully saturated rings. The maximum atomic E-state index is 5.43. The van der Waals surface area contributed by atoms with E-state index in [1.807, 2.05) is 24.4 Å². The third-order valence-corrected chi connectivity index (χ3v) is 4.52. The Morgan fingerprint density at radius 3 is 2.80 bits per heavy atom. The smallest absolute Gasteiger partial charge is 0.278 e. The van der Waals surface area contributed by atoms with Crippen LogP contribution in [0, 0.1) is 5.92 Å². The Labute approximate surface area is 145 Å². The van der Waals surface area contributed by atoms with E-state index >= 15 is 0 Å². The third-order valence-electron chi connectivity index (χ3n) is 4.52. The topological polar surface area (TPSA) is 75.2 Å². The Morgan fingerprint density at radius 2 is 2.00 bits per heavy atom. The fourth-order valence-electron chi connectivity index (χ4n) is 3.14. The fraction of sp³-hybridized carbons (Fsp3) is 0.389. The first kappa shape index (κ1) is 15.7. The maximum absolute atomic E-state index is 5.43. The summed E-state index contributed by atoms with van der Waals surface area (Å²) in [5, 5.41) is 4.08.